The van der Waals surface area contributed by atoms with Crippen molar-refractivity contribution in [2.45, 2.75) is 0 Å². The van der Waals surface area contributed by atoms with Crippen molar-refractivity contribution in [3.8, 4) is 11.5 Å². The molecule has 0 radical (unpaired) electrons. The van der Waals surface area contributed by atoms with Crippen molar-refractivity contribution in [1.82, 2.24) is 5.32 Å². The summed E-state index contributed by atoms with van der Waals surface area (Å²) in [5.74, 6) is 1.61. The number of hydrogen-bond donors (Lipinski definition) is 1. The fraction of sp³-hybridized carbons (Fsp3) is 0.625. The first-order chi connectivity index (χ1) is 10.9. The Morgan fingerprint density at radius 2 is 1.23 bits per heavy atom. The fourth-order valence-corrected chi connectivity index (χ4v) is 1.59. The molecular weight excluding hydrogens is 286 g/mol. The molecule has 0 aromatic heterocycles. The molecule has 0 spiro atoms. The van der Waals surface area contributed by atoms with E-state index in [2.05, 4.69) is 5.32 Å². The van der Waals surface area contributed by atoms with E-state index in [1.165, 1.54) is 0 Å². The van der Waals surface area contributed by atoms with Crippen LogP contribution in [0.3, 0.4) is 0 Å². The lowest BCUT2D eigenvalue weighted by Gasteiger charge is -2.09. The van der Waals surface area contributed by atoms with E-state index in [9.17, 15) is 0 Å². The average molecular weight is 313 g/mol. The summed E-state index contributed by atoms with van der Waals surface area (Å²) in [6.45, 7) is 4.92. The van der Waals surface area contributed by atoms with Crippen molar-refractivity contribution in [2.75, 3.05) is 67.0 Å². The molecule has 1 aromatic rings. The van der Waals surface area contributed by atoms with Gasteiger partial charge in [-0.15, -0.1) is 0 Å². The zero-order valence-electron chi connectivity index (χ0n) is 13.5. The molecule has 1 aromatic carbocycles. The van der Waals surface area contributed by atoms with Gasteiger partial charge in [0, 0.05) is 13.7 Å². The minimum atomic E-state index is 0.517. The van der Waals surface area contributed by atoms with E-state index in [4.69, 9.17) is 23.7 Å². The molecule has 0 aliphatic carbocycles. The van der Waals surface area contributed by atoms with Crippen LogP contribution in [-0.4, -0.2) is 67.0 Å². The van der Waals surface area contributed by atoms with Crippen LogP contribution >= 0.6 is 0 Å². The summed E-state index contributed by atoms with van der Waals surface area (Å²) in [5, 5.41) is 3.02. The molecule has 0 saturated heterocycles. The second kappa shape index (κ2) is 13.3. The SMILES string of the molecule is CNCCOCCOc1ccc(OCCOCCOC)cc1. The first-order valence-corrected chi connectivity index (χ1v) is 7.51. The van der Waals surface area contributed by atoms with Crippen LogP contribution in [0.15, 0.2) is 24.3 Å². The molecule has 0 heterocycles. The highest BCUT2D eigenvalue weighted by Crippen LogP contribution is 2.17. The van der Waals surface area contributed by atoms with Gasteiger partial charge in [-0.2, -0.15) is 0 Å². The third-order valence-electron chi connectivity index (χ3n) is 2.74. The quantitative estimate of drug-likeness (QED) is 0.523. The molecule has 0 amide bonds. The van der Waals surface area contributed by atoms with Crippen LogP contribution in [0.2, 0.25) is 0 Å². The van der Waals surface area contributed by atoms with Gasteiger partial charge < -0.3 is 29.0 Å². The largest absolute Gasteiger partial charge is 0.491 e. The van der Waals surface area contributed by atoms with Gasteiger partial charge in [-0.3, -0.25) is 0 Å². The van der Waals surface area contributed by atoms with E-state index in [1.807, 2.05) is 31.3 Å². The molecule has 22 heavy (non-hydrogen) atoms. The molecule has 0 unspecified atom stereocenters. The minimum Gasteiger partial charge on any atom is -0.491 e. The van der Waals surface area contributed by atoms with E-state index in [-0.39, 0.29) is 0 Å². The van der Waals surface area contributed by atoms with Gasteiger partial charge in [0.25, 0.3) is 0 Å². The number of methoxy groups -OCH3 is 1. The predicted octanol–water partition coefficient (Wildman–Crippen LogP) is 1.34. The number of nitrogens with one attached hydrogen (secondary N) is 1. The summed E-state index contributed by atoms with van der Waals surface area (Å²) in [6.07, 6.45) is 0. The van der Waals surface area contributed by atoms with Crippen LogP contribution in [0.1, 0.15) is 0 Å². The van der Waals surface area contributed by atoms with Crippen LogP contribution in [0.5, 0.6) is 11.5 Å². The molecule has 0 atom stereocenters. The van der Waals surface area contributed by atoms with E-state index < -0.39 is 0 Å². The van der Waals surface area contributed by atoms with E-state index in [1.54, 1.807) is 7.11 Å². The third kappa shape index (κ3) is 9.57. The summed E-state index contributed by atoms with van der Waals surface area (Å²) in [7, 11) is 3.55. The molecule has 0 bridgehead atoms. The van der Waals surface area contributed by atoms with Gasteiger partial charge in [-0.1, -0.05) is 0 Å². The van der Waals surface area contributed by atoms with Crippen molar-refractivity contribution in [3.05, 3.63) is 24.3 Å². The molecular formula is C16H27NO5. The normalized spacial score (nSPS) is 10.6. The summed E-state index contributed by atoms with van der Waals surface area (Å²) < 4.78 is 26.7. The lowest BCUT2D eigenvalue weighted by Crippen LogP contribution is -2.16. The highest BCUT2D eigenvalue weighted by molar-refractivity contribution is 5.31. The van der Waals surface area contributed by atoms with Crippen molar-refractivity contribution >= 4 is 0 Å². The summed E-state index contributed by atoms with van der Waals surface area (Å²) in [6, 6.07) is 7.53. The molecule has 1 N–H and O–H groups in total. The fourth-order valence-electron chi connectivity index (χ4n) is 1.59. The third-order valence-corrected chi connectivity index (χ3v) is 2.74. The van der Waals surface area contributed by atoms with Crippen molar-refractivity contribution in [1.29, 1.82) is 0 Å². The Kier molecular flexibility index (Phi) is 11.3. The van der Waals surface area contributed by atoms with Gasteiger partial charge in [0.05, 0.1) is 33.0 Å². The Bertz CT molecular complexity index is 323. The van der Waals surface area contributed by atoms with E-state index in [0.29, 0.717) is 46.2 Å². The summed E-state index contributed by atoms with van der Waals surface area (Å²) in [5.41, 5.74) is 0. The summed E-state index contributed by atoms with van der Waals surface area (Å²) >= 11 is 0. The van der Waals surface area contributed by atoms with Gasteiger partial charge >= 0.3 is 0 Å². The molecule has 0 aliphatic rings. The highest BCUT2D eigenvalue weighted by atomic mass is 16.5. The summed E-state index contributed by atoms with van der Waals surface area (Å²) in [4.78, 5) is 0. The van der Waals surface area contributed by atoms with Gasteiger partial charge in [0.1, 0.15) is 24.7 Å². The monoisotopic (exact) mass is 313 g/mol. The topological polar surface area (TPSA) is 58.2 Å². The van der Waals surface area contributed by atoms with Crippen LogP contribution < -0.4 is 14.8 Å². The van der Waals surface area contributed by atoms with Crippen molar-refractivity contribution in [3.63, 3.8) is 0 Å². The van der Waals surface area contributed by atoms with E-state index in [0.717, 1.165) is 18.0 Å². The highest BCUT2D eigenvalue weighted by Gasteiger charge is 1.97. The molecule has 1 rings (SSSR count). The zero-order valence-corrected chi connectivity index (χ0v) is 13.5. The molecule has 0 saturated carbocycles. The number of ether oxygens (including phenoxy) is 5. The van der Waals surface area contributed by atoms with Gasteiger partial charge in [0.2, 0.25) is 0 Å². The molecule has 126 valence electrons. The maximum Gasteiger partial charge on any atom is 0.119 e. The Morgan fingerprint density at radius 3 is 1.73 bits per heavy atom. The standard InChI is InChI=1S/C16H27NO5/c1-17-7-8-19-11-13-21-15-3-5-16(6-4-15)22-14-12-20-10-9-18-2/h3-6,17H,7-14H2,1-2H3. The first kappa shape index (κ1) is 18.7. The Balaban J connectivity index is 2.07. The van der Waals surface area contributed by atoms with Crippen molar-refractivity contribution < 1.29 is 23.7 Å². The zero-order chi connectivity index (χ0) is 15.9. The van der Waals surface area contributed by atoms with Gasteiger partial charge in [0.15, 0.2) is 0 Å². The van der Waals surface area contributed by atoms with Crippen LogP contribution in [0.25, 0.3) is 0 Å². The lowest BCUT2D eigenvalue weighted by atomic mass is 10.3. The Hall–Kier alpha value is -1.34. The first-order valence-electron chi connectivity index (χ1n) is 7.51. The van der Waals surface area contributed by atoms with E-state index >= 15 is 0 Å². The minimum absolute atomic E-state index is 0.517. The molecule has 0 fully saturated rings. The number of benzene rings is 1. The van der Waals surface area contributed by atoms with Gasteiger partial charge in [-0.05, 0) is 31.3 Å². The average Bonchev–Trinajstić information content (AvgIpc) is 2.55. The van der Waals surface area contributed by atoms with Crippen LogP contribution in [0, 0.1) is 0 Å². The second-order valence-electron chi connectivity index (χ2n) is 4.49. The Morgan fingerprint density at radius 1 is 0.727 bits per heavy atom. The van der Waals surface area contributed by atoms with Gasteiger partial charge in [-0.25, -0.2) is 0 Å². The van der Waals surface area contributed by atoms with Crippen molar-refractivity contribution in [2.24, 2.45) is 0 Å². The number of likely N-dealkylation sites (N-methyl/N-ethyl adjacent to an activating group) is 1. The molecule has 6 heteroatoms. The lowest BCUT2D eigenvalue weighted by molar-refractivity contribution is 0.0544. The smallest absolute Gasteiger partial charge is 0.119 e. The van der Waals surface area contributed by atoms with Crippen LogP contribution in [0.4, 0.5) is 0 Å². The maximum atomic E-state index is 5.57. The number of rotatable bonds is 14. The number of hydrogen-bond acceptors (Lipinski definition) is 6. The predicted molar refractivity (Wildman–Crippen MR) is 84.9 cm³/mol. The molecule has 6 nitrogen and oxygen atoms in total. The molecule has 0 aliphatic heterocycles. The Labute approximate surface area is 132 Å². The second-order valence-corrected chi connectivity index (χ2v) is 4.49. The maximum absolute atomic E-state index is 5.57. The van der Waals surface area contributed by atoms with Crippen LogP contribution in [-0.2, 0) is 14.2 Å².